The Labute approximate surface area is 409 Å². The molecule has 6 nitrogen and oxygen atoms in total. The second-order valence-electron chi connectivity index (χ2n) is 20.0. The lowest BCUT2D eigenvalue weighted by molar-refractivity contribution is -0.168. The van der Waals surface area contributed by atoms with Gasteiger partial charge in [0.1, 0.15) is 0 Å². The topological polar surface area (TPSA) is 86.7 Å². The normalized spacial score (nSPS) is 37.8. The van der Waals surface area contributed by atoms with Gasteiger partial charge in [0, 0.05) is 48.6 Å². The number of benzene rings is 1. The first-order chi connectivity index (χ1) is 30.3. The predicted octanol–water partition coefficient (Wildman–Crippen LogP) is 13.2. The van der Waals surface area contributed by atoms with Crippen LogP contribution in [-0.2, 0) is 28.7 Å². The molecular formula is C52H60Cl6O6. The first-order valence-corrected chi connectivity index (χ1v) is 25.8. The van der Waals surface area contributed by atoms with Gasteiger partial charge in [-0.25, -0.2) is 0 Å². The molecule has 12 heteroatoms. The van der Waals surface area contributed by atoms with Crippen molar-refractivity contribution >= 4 is 93.1 Å². The highest BCUT2D eigenvalue weighted by atomic mass is 35.6. The zero-order valence-corrected chi connectivity index (χ0v) is 41.8. The summed E-state index contributed by atoms with van der Waals surface area (Å²) in [5, 5.41) is 0. The second-order valence-corrected chi connectivity index (χ2v) is 24.0. The van der Waals surface area contributed by atoms with E-state index in [1.807, 2.05) is 36.4 Å². The second kappa shape index (κ2) is 20.2. The van der Waals surface area contributed by atoms with Crippen molar-refractivity contribution in [2.75, 3.05) is 0 Å². The number of carbonyl (C=O) groups excluding carboxylic acids is 4. The number of fused-ring (bicyclic) bond motifs is 10. The van der Waals surface area contributed by atoms with Gasteiger partial charge in [0.15, 0.2) is 31.4 Å². The summed E-state index contributed by atoms with van der Waals surface area (Å²) in [6.45, 7) is 7.68. The molecule has 0 aromatic heterocycles. The minimum absolute atomic E-state index is 0.227. The van der Waals surface area contributed by atoms with Gasteiger partial charge in [0.2, 0.25) is 0 Å². The van der Waals surface area contributed by atoms with Crippen LogP contribution in [0.3, 0.4) is 0 Å². The summed E-state index contributed by atoms with van der Waals surface area (Å²) in [7, 11) is 0. The van der Waals surface area contributed by atoms with Crippen LogP contribution in [0.5, 0.6) is 0 Å². The van der Waals surface area contributed by atoms with Crippen LogP contribution in [0.2, 0.25) is 0 Å². The number of halogens is 6. The van der Waals surface area contributed by atoms with E-state index in [0.717, 1.165) is 101 Å². The van der Waals surface area contributed by atoms with E-state index < -0.39 is 19.8 Å². The van der Waals surface area contributed by atoms with Crippen LogP contribution in [0.1, 0.15) is 142 Å². The molecule has 1 aromatic carbocycles. The molecule has 0 saturated heterocycles. The van der Waals surface area contributed by atoms with Crippen LogP contribution in [0.25, 0.3) is 0 Å². The number of rotatable bonds is 2. The Morgan fingerprint density at radius 1 is 0.547 bits per heavy atom. The summed E-state index contributed by atoms with van der Waals surface area (Å²) >= 11 is 28.8. The number of hydrogen-bond donors (Lipinski definition) is 0. The average molecular weight is 994 g/mol. The molecule has 9 rings (SSSR count). The molecule has 64 heavy (non-hydrogen) atoms. The summed E-state index contributed by atoms with van der Waals surface area (Å²) < 4.78 is 11.1. The smallest absolute Gasteiger partial charge is 0.304 e. The van der Waals surface area contributed by atoms with Crippen LogP contribution >= 0.6 is 69.6 Å². The van der Waals surface area contributed by atoms with E-state index in [1.54, 1.807) is 0 Å². The van der Waals surface area contributed by atoms with Crippen molar-refractivity contribution in [3.05, 3.63) is 58.7 Å². The molecular weight excluding hydrogens is 933 g/mol. The molecule has 12 atom stereocenters. The first kappa shape index (κ1) is 49.7. The van der Waals surface area contributed by atoms with Crippen LogP contribution in [0, 0.1) is 81.9 Å². The van der Waals surface area contributed by atoms with Gasteiger partial charge in [-0.05, 0) is 185 Å². The summed E-state index contributed by atoms with van der Waals surface area (Å²) in [5.41, 5.74) is 2.37. The third-order valence-electron chi connectivity index (χ3n) is 17.2. The number of alkyl halides is 6. The summed E-state index contributed by atoms with van der Waals surface area (Å²) in [4.78, 5) is 49.8. The largest absolute Gasteiger partial charge is 0.445 e. The van der Waals surface area contributed by atoms with Gasteiger partial charge in [0.05, 0.1) is 0 Å². The highest BCUT2D eigenvalue weighted by Gasteiger charge is 2.66. The molecule has 1 aromatic rings. The van der Waals surface area contributed by atoms with E-state index in [4.69, 9.17) is 79.1 Å². The molecule has 346 valence electrons. The van der Waals surface area contributed by atoms with Crippen LogP contribution in [0.4, 0.5) is 0 Å². The quantitative estimate of drug-likeness (QED) is 0.167. The summed E-state index contributed by atoms with van der Waals surface area (Å²) in [5.74, 6) is 18.4. The Bertz CT molecular complexity index is 2010. The van der Waals surface area contributed by atoms with Gasteiger partial charge in [-0.1, -0.05) is 106 Å². The fraction of sp³-hybridized carbons (Fsp3) is 0.654. The molecule has 8 aliphatic carbocycles. The highest BCUT2D eigenvalue weighted by Crippen LogP contribution is 2.67. The van der Waals surface area contributed by atoms with Crippen molar-refractivity contribution in [2.24, 2.45) is 58.2 Å². The van der Waals surface area contributed by atoms with Crippen molar-refractivity contribution in [1.82, 2.24) is 0 Å². The van der Waals surface area contributed by atoms with E-state index in [1.165, 1.54) is 25.0 Å². The van der Waals surface area contributed by atoms with Crippen molar-refractivity contribution in [1.29, 1.82) is 0 Å². The van der Waals surface area contributed by atoms with Gasteiger partial charge in [-0.3, -0.25) is 19.2 Å². The molecule has 0 unspecified atom stereocenters. The highest BCUT2D eigenvalue weighted by molar-refractivity contribution is 6.63. The Hall–Kier alpha value is -2.16. The van der Waals surface area contributed by atoms with Gasteiger partial charge in [0.25, 0.3) is 0 Å². The first-order valence-electron chi connectivity index (χ1n) is 23.2. The number of esters is 2. The standard InChI is InChI=1S/C50H58O6.2CHCl3/c1-31(51)55-49(27-21-45-43-13-9-35-29-37(53)11-15-39(35)41(43)19-23-47(45,49)3)25-17-33-5-7-34(8-6-33)18-26-50(56-32(2)52)28-22-46-44-14-10-36-30-38(54)12-16-40(36)42(44)20-24-48(46,50)4;2*2-1(3)4/h5-8,29-30,39-46H,9-16,19-24,27-28H2,1-4H3;2*1H/t39-,40-,41+,42+,43+,44+,45-,46-,47-,48-,49-,50-;;/m0../s1. The van der Waals surface area contributed by atoms with E-state index in [-0.39, 0.29) is 22.8 Å². The van der Waals surface area contributed by atoms with Gasteiger partial charge < -0.3 is 9.47 Å². The lowest BCUT2D eigenvalue weighted by Crippen LogP contribution is -2.53. The predicted molar refractivity (Wildman–Crippen MR) is 256 cm³/mol. The van der Waals surface area contributed by atoms with E-state index in [2.05, 4.69) is 37.5 Å². The Morgan fingerprint density at radius 3 is 1.25 bits per heavy atom. The number of hydrogen-bond acceptors (Lipinski definition) is 6. The monoisotopic (exact) mass is 990 g/mol. The van der Waals surface area contributed by atoms with Crippen molar-refractivity contribution < 1.29 is 28.7 Å². The van der Waals surface area contributed by atoms with Crippen molar-refractivity contribution in [3.8, 4) is 23.7 Å². The number of ketones is 2. The molecule has 0 aliphatic heterocycles. The number of allylic oxidation sites excluding steroid dienone is 2. The van der Waals surface area contributed by atoms with Crippen LogP contribution in [0.15, 0.2) is 47.6 Å². The zero-order valence-electron chi connectivity index (χ0n) is 37.3. The number of carbonyl (C=O) groups is 4. The fourth-order valence-electron chi connectivity index (χ4n) is 14.6. The zero-order chi connectivity index (χ0) is 46.2. The van der Waals surface area contributed by atoms with Crippen molar-refractivity contribution in [2.45, 2.75) is 150 Å². The minimum atomic E-state index is -0.833. The van der Waals surface area contributed by atoms with Gasteiger partial charge >= 0.3 is 11.9 Å². The van der Waals surface area contributed by atoms with E-state index >= 15 is 0 Å². The molecule has 0 spiro atoms. The van der Waals surface area contributed by atoms with E-state index in [9.17, 15) is 19.2 Å². The Kier molecular flexibility index (Phi) is 15.7. The molecule has 0 N–H and O–H groups in total. The molecule has 0 amide bonds. The molecule has 8 aliphatic rings. The van der Waals surface area contributed by atoms with E-state index in [0.29, 0.717) is 71.8 Å². The molecule has 0 bridgehead atoms. The minimum Gasteiger partial charge on any atom is -0.445 e. The third kappa shape index (κ3) is 10.0. The SMILES string of the molecule is CC(=O)O[C@@]1(C#Cc2ccc(C#C[C@]3(OC(C)=O)CC[C@H]4[C@@H]5CCC6=CC(=O)CC[C@@H]6[C@H]5CC[C@@]43C)cc2)CC[C@H]2[C@@H]3CCC4=CC(=O)CC[C@@H]4[C@H]3CC[C@@]21C.ClC(Cl)Cl.ClC(Cl)Cl. The lowest BCUT2D eigenvalue weighted by atomic mass is 9.50. The summed E-state index contributed by atoms with van der Waals surface area (Å²) in [6, 6.07) is 8.03. The van der Waals surface area contributed by atoms with Gasteiger partial charge in [-0.2, -0.15) is 0 Å². The molecule has 0 radical (unpaired) electrons. The maximum absolute atomic E-state index is 12.7. The molecule has 6 saturated carbocycles. The van der Waals surface area contributed by atoms with Crippen LogP contribution < -0.4 is 0 Å². The molecule has 6 fully saturated rings. The fourth-order valence-corrected chi connectivity index (χ4v) is 14.6. The van der Waals surface area contributed by atoms with Gasteiger partial charge in [-0.15, -0.1) is 0 Å². The van der Waals surface area contributed by atoms with Crippen LogP contribution in [-0.4, -0.2) is 43.3 Å². The average Bonchev–Trinajstić information content (AvgIpc) is 3.68. The summed E-state index contributed by atoms with van der Waals surface area (Å²) in [6.07, 6.45) is 19.1. The molecule has 0 heterocycles. The third-order valence-corrected chi connectivity index (χ3v) is 17.2. The Morgan fingerprint density at radius 2 is 0.906 bits per heavy atom. The maximum atomic E-state index is 12.7. The lowest BCUT2D eigenvalue weighted by Gasteiger charge is -2.55. The van der Waals surface area contributed by atoms with Crippen molar-refractivity contribution in [3.63, 3.8) is 0 Å². The maximum Gasteiger partial charge on any atom is 0.304 e. The number of ether oxygens (including phenoxy) is 2. The Balaban J connectivity index is 0.000000709.